The summed E-state index contributed by atoms with van der Waals surface area (Å²) < 4.78 is 101. The Morgan fingerprint density at radius 3 is 1.96 bits per heavy atom. The Morgan fingerprint density at radius 2 is 1.31 bits per heavy atom. The first-order chi connectivity index (χ1) is 23.0. The van der Waals surface area contributed by atoms with Crippen molar-refractivity contribution in [1.29, 1.82) is 5.26 Å². The van der Waals surface area contributed by atoms with E-state index in [1.807, 2.05) is 0 Å². The number of azo groups is 2. The molecular weight excluding hydrogens is 703 g/mol. The molecule has 0 bridgehead atoms. The number of fused-ring (bicyclic) bond motifs is 4. The van der Waals surface area contributed by atoms with Gasteiger partial charge in [-0.15, -0.1) is 20.5 Å². The first-order valence-electron chi connectivity index (χ1n) is 13.5. The molecule has 4 aromatic carbocycles. The van der Waals surface area contributed by atoms with Crippen LogP contribution in [0.4, 0.5) is 22.7 Å². The van der Waals surface area contributed by atoms with E-state index in [0.717, 1.165) is 18.2 Å². The van der Waals surface area contributed by atoms with Gasteiger partial charge in [0.15, 0.2) is 5.69 Å². The Balaban J connectivity index is 1.54. The summed E-state index contributed by atoms with van der Waals surface area (Å²) in [6.07, 6.45) is 0. The van der Waals surface area contributed by atoms with Crippen LogP contribution in [0.1, 0.15) is 11.1 Å². The topological polar surface area (TPSA) is 274 Å². The molecule has 0 amide bonds. The number of imidazole rings is 1. The summed E-state index contributed by atoms with van der Waals surface area (Å²) in [4.78, 5) is 14.6. The lowest BCUT2D eigenvalue weighted by atomic mass is 10.1. The number of aromatic nitrogens is 2. The Labute approximate surface area is 275 Å². The molecule has 248 valence electrons. The van der Waals surface area contributed by atoms with Crippen molar-refractivity contribution in [3.05, 3.63) is 94.3 Å². The fourth-order valence-electron chi connectivity index (χ4n) is 5.08. The monoisotopic (exact) mass is 721 g/mol. The highest BCUT2D eigenvalue weighted by molar-refractivity contribution is 7.86. The zero-order valence-corrected chi connectivity index (χ0v) is 27.0. The molecule has 0 saturated heterocycles. The summed E-state index contributed by atoms with van der Waals surface area (Å²) >= 11 is 0. The molecule has 4 N–H and O–H groups in total. The summed E-state index contributed by atoms with van der Waals surface area (Å²) in [5.41, 5.74) is 0.0909. The second-order valence-electron chi connectivity index (χ2n) is 10.4. The number of nitrogens with zero attached hydrogens (tertiary/aromatic N) is 6. The van der Waals surface area contributed by atoms with Crippen LogP contribution in [0.15, 0.2) is 113 Å². The minimum absolute atomic E-state index is 0.00319. The largest absolute Gasteiger partial charge is 0.338 e. The van der Waals surface area contributed by atoms with Crippen molar-refractivity contribution < 1.29 is 38.9 Å². The lowest BCUT2D eigenvalue weighted by molar-refractivity contribution is 0.478. The maximum Gasteiger partial charge on any atom is 0.296 e. The molecule has 0 aliphatic carbocycles. The van der Waals surface area contributed by atoms with Crippen LogP contribution in [0.3, 0.4) is 0 Å². The van der Waals surface area contributed by atoms with Crippen molar-refractivity contribution in [3.63, 3.8) is 0 Å². The van der Waals surface area contributed by atoms with Gasteiger partial charge in [0.1, 0.15) is 22.3 Å². The second kappa shape index (κ2) is 11.8. The molecule has 0 saturated carbocycles. The van der Waals surface area contributed by atoms with E-state index in [9.17, 15) is 49.0 Å². The molecule has 6 aromatic rings. The average Bonchev–Trinajstić information content (AvgIpc) is 3.42. The molecule has 0 atom stereocenters. The second-order valence-corrected chi connectivity index (χ2v) is 14.6. The molecule has 0 spiro atoms. The highest BCUT2D eigenvalue weighted by Crippen LogP contribution is 2.38. The molecule has 2 aromatic heterocycles. The van der Waals surface area contributed by atoms with E-state index in [0.29, 0.717) is 23.2 Å². The van der Waals surface area contributed by atoms with E-state index >= 15 is 0 Å². The standard InChI is InChI=1S/C29H19N7O10S3/c1-15-20(14-30)28-31-23-4-2-3-5-25(23)36(28)29(37)27(15)35-33-22-10-9-21(18-8-6-16(12-19(18)22)47(38,39)40)32-34-24-13-17(48(41,42)43)7-11-26(24)49(44,45)46/h2-13,31H,1H3,(H,38,39,40)(H,41,42,43)(H,44,45,46). The predicted molar refractivity (Wildman–Crippen MR) is 173 cm³/mol. The molecule has 2 heterocycles. The van der Waals surface area contributed by atoms with Crippen LogP contribution in [0.25, 0.3) is 27.5 Å². The maximum atomic E-state index is 13.6. The molecule has 0 aliphatic rings. The van der Waals surface area contributed by atoms with Gasteiger partial charge in [-0.3, -0.25) is 22.9 Å². The molecule has 17 nitrogen and oxygen atoms in total. The number of aromatic amines is 1. The van der Waals surface area contributed by atoms with Gasteiger partial charge in [0.25, 0.3) is 35.9 Å². The summed E-state index contributed by atoms with van der Waals surface area (Å²) in [7, 11) is -14.5. The fraction of sp³-hybridized carbons (Fsp3) is 0.0345. The molecule has 0 radical (unpaired) electrons. The maximum absolute atomic E-state index is 13.6. The third-order valence-corrected chi connectivity index (χ3v) is 9.98. The minimum atomic E-state index is -4.94. The number of nitrogens with one attached hydrogen (secondary N) is 1. The number of benzene rings is 4. The van der Waals surface area contributed by atoms with Gasteiger partial charge in [-0.25, -0.2) is 0 Å². The average molecular weight is 722 g/mol. The normalized spacial score (nSPS) is 12.9. The summed E-state index contributed by atoms with van der Waals surface area (Å²) in [6.45, 7) is 1.51. The molecular formula is C29H19N7O10S3. The van der Waals surface area contributed by atoms with Crippen LogP contribution in [-0.4, -0.2) is 48.3 Å². The Kier molecular flexibility index (Phi) is 7.98. The lowest BCUT2D eigenvalue weighted by Crippen LogP contribution is -2.14. The number of hydrogen-bond donors (Lipinski definition) is 4. The van der Waals surface area contributed by atoms with E-state index in [-0.39, 0.29) is 44.6 Å². The highest BCUT2D eigenvalue weighted by atomic mass is 32.2. The van der Waals surface area contributed by atoms with Crippen molar-refractivity contribution in [2.24, 2.45) is 20.5 Å². The number of nitriles is 1. The molecule has 0 unspecified atom stereocenters. The van der Waals surface area contributed by atoms with Crippen LogP contribution < -0.4 is 5.56 Å². The lowest BCUT2D eigenvalue weighted by Gasteiger charge is -2.08. The highest BCUT2D eigenvalue weighted by Gasteiger charge is 2.21. The van der Waals surface area contributed by atoms with Crippen LogP contribution in [-0.2, 0) is 30.4 Å². The van der Waals surface area contributed by atoms with Gasteiger partial charge in [0.2, 0.25) is 0 Å². The summed E-state index contributed by atoms with van der Waals surface area (Å²) in [5, 5.41) is 26.1. The number of H-pyrrole nitrogens is 1. The first kappa shape index (κ1) is 33.2. The van der Waals surface area contributed by atoms with E-state index in [4.69, 9.17) is 0 Å². The predicted octanol–water partition coefficient (Wildman–Crippen LogP) is 5.69. The van der Waals surface area contributed by atoms with Gasteiger partial charge in [0, 0.05) is 16.3 Å². The third-order valence-electron chi connectivity index (χ3n) is 7.38. The van der Waals surface area contributed by atoms with Gasteiger partial charge in [-0.2, -0.15) is 30.5 Å². The van der Waals surface area contributed by atoms with Crippen LogP contribution >= 0.6 is 0 Å². The quantitative estimate of drug-likeness (QED) is 0.115. The Bertz CT molecular complexity index is 2910. The molecule has 20 heteroatoms. The number of pyridine rings is 1. The van der Waals surface area contributed by atoms with Gasteiger partial charge in [-0.1, -0.05) is 18.2 Å². The van der Waals surface area contributed by atoms with Crippen molar-refractivity contribution in [2.45, 2.75) is 21.6 Å². The molecule has 6 rings (SSSR count). The van der Waals surface area contributed by atoms with Crippen LogP contribution in [0.2, 0.25) is 0 Å². The van der Waals surface area contributed by atoms with E-state index in [1.165, 1.54) is 29.5 Å². The van der Waals surface area contributed by atoms with E-state index in [1.54, 1.807) is 24.3 Å². The van der Waals surface area contributed by atoms with E-state index < -0.39 is 56.3 Å². The number of hydrogen-bond acceptors (Lipinski definition) is 12. The number of para-hydroxylation sites is 2. The van der Waals surface area contributed by atoms with Crippen molar-refractivity contribution >= 4 is 80.6 Å². The fourth-order valence-corrected chi connectivity index (χ4v) is 6.69. The minimum Gasteiger partial charge on any atom is -0.338 e. The number of rotatable bonds is 7. The van der Waals surface area contributed by atoms with Gasteiger partial charge >= 0.3 is 0 Å². The van der Waals surface area contributed by atoms with Gasteiger partial charge in [-0.05, 0) is 61.5 Å². The Hall–Kier alpha value is -5.69. The third kappa shape index (κ3) is 6.08. The van der Waals surface area contributed by atoms with Crippen LogP contribution in [0, 0.1) is 18.3 Å². The summed E-state index contributed by atoms with van der Waals surface area (Å²) in [5.74, 6) is 0. The SMILES string of the molecule is Cc1c(N=Nc2ccc(N=Nc3cc(S(=O)(=O)O)ccc3S(=O)(=O)O)c3ccc(S(=O)(=O)O)cc23)c(=O)n2c([nH]c3ccccc32)c1C#N. The van der Waals surface area contributed by atoms with Crippen molar-refractivity contribution in [1.82, 2.24) is 9.38 Å². The Morgan fingerprint density at radius 1 is 0.714 bits per heavy atom. The molecule has 0 aliphatic heterocycles. The van der Waals surface area contributed by atoms with Crippen LogP contribution in [0.5, 0.6) is 0 Å². The molecule has 0 fully saturated rings. The zero-order valence-electron chi connectivity index (χ0n) is 24.5. The summed E-state index contributed by atoms with van der Waals surface area (Å²) in [6, 6.07) is 16.9. The smallest absolute Gasteiger partial charge is 0.296 e. The van der Waals surface area contributed by atoms with Crippen molar-refractivity contribution in [3.8, 4) is 6.07 Å². The first-order valence-corrected chi connectivity index (χ1v) is 17.8. The van der Waals surface area contributed by atoms with E-state index in [2.05, 4.69) is 31.5 Å². The molecule has 49 heavy (non-hydrogen) atoms. The van der Waals surface area contributed by atoms with Gasteiger partial charge < -0.3 is 4.98 Å². The van der Waals surface area contributed by atoms with Gasteiger partial charge in [0.05, 0.1) is 37.8 Å². The van der Waals surface area contributed by atoms with Crippen molar-refractivity contribution in [2.75, 3.05) is 0 Å². The zero-order chi connectivity index (χ0) is 35.5.